The van der Waals surface area contributed by atoms with Crippen molar-refractivity contribution in [3.63, 3.8) is 0 Å². The third kappa shape index (κ3) is 8.04. The van der Waals surface area contributed by atoms with E-state index in [1.54, 1.807) is 0 Å². The second kappa shape index (κ2) is 12.9. The number of carbonyl (C=O) groups is 2. The van der Waals surface area contributed by atoms with E-state index >= 15 is 0 Å². The molecule has 1 aliphatic heterocycles. The van der Waals surface area contributed by atoms with Crippen LogP contribution in [-0.2, 0) is 14.3 Å². The molecule has 1 heterocycles. The average Bonchev–Trinajstić information content (AvgIpc) is 2.89. The Bertz CT molecular complexity index is 441. The highest BCUT2D eigenvalue weighted by Gasteiger charge is 2.37. The molecular formula is C20H34O5. The van der Waals surface area contributed by atoms with E-state index in [2.05, 4.69) is 6.92 Å². The Balaban J connectivity index is 2.02. The van der Waals surface area contributed by atoms with Crippen LogP contribution in [0.5, 0.6) is 0 Å². The lowest BCUT2D eigenvalue weighted by Gasteiger charge is -2.04. The molecule has 0 spiro atoms. The van der Waals surface area contributed by atoms with E-state index in [-0.39, 0.29) is 17.8 Å². The summed E-state index contributed by atoms with van der Waals surface area (Å²) in [5.41, 5.74) is -0.276. The zero-order valence-corrected chi connectivity index (χ0v) is 15.6. The van der Waals surface area contributed by atoms with Crippen molar-refractivity contribution in [3.8, 4) is 0 Å². The second-order valence-electron chi connectivity index (χ2n) is 6.90. The minimum absolute atomic E-state index is 0.240. The molecule has 0 amide bonds. The first-order valence-electron chi connectivity index (χ1n) is 9.90. The van der Waals surface area contributed by atoms with E-state index in [0.29, 0.717) is 6.42 Å². The van der Waals surface area contributed by atoms with E-state index in [1.807, 2.05) is 0 Å². The fraction of sp³-hybridized carbons (Fsp3) is 0.800. The largest absolute Gasteiger partial charge is 0.507 e. The highest BCUT2D eigenvalue weighted by atomic mass is 16.6. The first kappa shape index (κ1) is 21.7. The number of cyclic esters (lactones) is 1. The number of rotatable bonds is 15. The van der Waals surface area contributed by atoms with Crippen molar-refractivity contribution in [1.29, 1.82) is 0 Å². The van der Waals surface area contributed by atoms with Gasteiger partial charge in [0.25, 0.3) is 0 Å². The highest BCUT2D eigenvalue weighted by Crippen LogP contribution is 2.23. The lowest BCUT2D eigenvalue weighted by atomic mass is 10.0. The maximum atomic E-state index is 12.0. The summed E-state index contributed by atoms with van der Waals surface area (Å²) in [5, 5.41) is 18.7. The van der Waals surface area contributed by atoms with Crippen molar-refractivity contribution in [3.05, 3.63) is 11.3 Å². The molecule has 5 heteroatoms. The Morgan fingerprint density at radius 3 is 1.84 bits per heavy atom. The zero-order chi connectivity index (χ0) is 18.5. The number of Topliss-reactive ketones (excluding diaryl/α,β-unsaturated/α-hetero) is 1. The Kier molecular flexibility index (Phi) is 11.2. The third-order valence-electron chi connectivity index (χ3n) is 4.72. The molecule has 144 valence electrons. The maximum absolute atomic E-state index is 12.0. The van der Waals surface area contributed by atoms with Crippen LogP contribution < -0.4 is 0 Å². The number of esters is 1. The van der Waals surface area contributed by atoms with Gasteiger partial charge < -0.3 is 14.9 Å². The van der Waals surface area contributed by atoms with Crippen LogP contribution >= 0.6 is 0 Å². The molecule has 1 aliphatic rings. The predicted octanol–water partition coefficient (Wildman–Crippen LogP) is 4.38. The molecular weight excluding hydrogens is 320 g/mol. The van der Waals surface area contributed by atoms with Gasteiger partial charge in [-0.15, -0.1) is 0 Å². The summed E-state index contributed by atoms with van der Waals surface area (Å²) in [5.74, 6) is -1.62. The van der Waals surface area contributed by atoms with E-state index in [1.165, 1.54) is 57.8 Å². The maximum Gasteiger partial charge on any atom is 0.346 e. The SMILES string of the molecule is CCCCCCCCCCCCCCC(=O)C1=C(O)[C@@H](CO)OC1=O. The molecule has 0 unspecified atom stereocenters. The monoisotopic (exact) mass is 354 g/mol. The van der Waals surface area contributed by atoms with Crippen molar-refractivity contribution in [2.24, 2.45) is 0 Å². The van der Waals surface area contributed by atoms with Crippen molar-refractivity contribution in [2.75, 3.05) is 6.61 Å². The second-order valence-corrected chi connectivity index (χ2v) is 6.90. The van der Waals surface area contributed by atoms with Gasteiger partial charge in [-0.1, -0.05) is 77.6 Å². The summed E-state index contributed by atoms with van der Waals surface area (Å²) in [4.78, 5) is 23.6. The standard InChI is InChI=1S/C20H34O5/c1-2-3-4-5-6-7-8-9-10-11-12-13-14-16(22)18-19(23)17(15-21)25-20(18)24/h17,21,23H,2-15H2,1H3/t17-/m1/s1. The molecule has 1 rings (SSSR count). The number of unbranched alkanes of at least 4 members (excludes halogenated alkanes) is 11. The van der Waals surface area contributed by atoms with Crippen LogP contribution in [0, 0.1) is 0 Å². The van der Waals surface area contributed by atoms with Crippen molar-refractivity contribution < 1.29 is 24.5 Å². The van der Waals surface area contributed by atoms with Gasteiger partial charge in [-0.05, 0) is 6.42 Å². The summed E-state index contributed by atoms with van der Waals surface area (Å²) < 4.78 is 4.74. The molecule has 0 aromatic rings. The van der Waals surface area contributed by atoms with Gasteiger partial charge in [0.15, 0.2) is 17.6 Å². The van der Waals surface area contributed by atoms with Gasteiger partial charge in [-0.25, -0.2) is 4.79 Å². The van der Waals surface area contributed by atoms with Gasteiger partial charge in [-0.3, -0.25) is 4.79 Å². The number of carbonyl (C=O) groups excluding carboxylic acids is 2. The number of hydrogen-bond acceptors (Lipinski definition) is 5. The number of aliphatic hydroxyl groups is 2. The van der Waals surface area contributed by atoms with Gasteiger partial charge >= 0.3 is 5.97 Å². The molecule has 25 heavy (non-hydrogen) atoms. The molecule has 0 fully saturated rings. The van der Waals surface area contributed by atoms with Crippen LogP contribution in [0.15, 0.2) is 11.3 Å². The topological polar surface area (TPSA) is 83.8 Å². The Morgan fingerprint density at radius 2 is 1.40 bits per heavy atom. The van der Waals surface area contributed by atoms with Crippen molar-refractivity contribution in [2.45, 2.75) is 96.5 Å². The van der Waals surface area contributed by atoms with E-state index in [9.17, 15) is 14.7 Å². The van der Waals surface area contributed by atoms with E-state index in [0.717, 1.165) is 12.8 Å². The summed E-state index contributed by atoms with van der Waals surface area (Å²) in [6.07, 6.45) is 13.7. The predicted molar refractivity (Wildman–Crippen MR) is 97.3 cm³/mol. The Hall–Kier alpha value is -1.36. The van der Waals surface area contributed by atoms with Crippen LogP contribution in [0.1, 0.15) is 90.4 Å². The first-order valence-corrected chi connectivity index (χ1v) is 9.90. The average molecular weight is 354 g/mol. The normalized spacial score (nSPS) is 17.2. The summed E-state index contributed by atoms with van der Waals surface area (Å²) in [6, 6.07) is 0. The van der Waals surface area contributed by atoms with Crippen LogP contribution in [0.4, 0.5) is 0 Å². The molecule has 0 radical (unpaired) electrons. The summed E-state index contributed by atoms with van der Waals surface area (Å²) >= 11 is 0. The van der Waals surface area contributed by atoms with Gasteiger partial charge in [0, 0.05) is 6.42 Å². The molecule has 5 nitrogen and oxygen atoms in total. The lowest BCUT2D eigenvalue weighted by molar-refractivity contribution is -0.142. The van der Waals surface area contributed by atoms with E-state index < -0.39 is 24.4 Å². The number of ketones is 1. The van der Waals surface area contributed by atoms with Gasteiger partial charge in [0.05, 0.1) is 6.61 Å². The van der Waals surface area contributed by atoms with Crippen LogP contribution in [0.25, 0.3) is 0 Å². The van der Waals surface area contributed by atoms with Gasteiger partial charge in [-0.2, -0.15) is 0 Å². The van der Waals surface area contributed by atoms with Gasteiger partial charge in [0.1, 0.15) is 5.57 Å². The molecule has 0 aromatic heterocycles. The van der Waals surface area contributed by atoms with E-state index in [4.69, 9.17) is 9.84 Å². The minimum atomic E-state index is -1.08. The number of ether oxygens (including phenoxy) is 1. The minimum Gasteiger partial charge on any atom is -0.507 e. The smallest absolute Gasteiger partial charge is 0.346 e. The summed E-state index contributed by atoms with van der Waals surface area (Å²) in [7, 11) is 0. The number of aliphatic hydroxyl groups excluding tert-OH is 2. The lowest BCUT2D eigenvalue weighted by Crippen LogP contribution is -2.15. The molecule has 1 atom stereocenters. The third-order valence-corrected chi connectivity index (χ3v) is 4.72. The van der Waals surface area contributed by atoms with Crippen molar-refractivity contribution in [1.82, 2.24) is 0 Å². The van der Waals surface area contributed by atoms with Crippen molar-refractivity contribution >= 4 is 11.8 Å². The van der Waals surface area contributed by atoms with Gasteiger partial charge in [0.2, 0.25) is 0 Å². The summed E-state index contributed by atoms with van der Waals surface area (Å²) in [6.45, 7) is 1.73. The number of hydrogen-bond donors (Lipinski definition) is 2. The highest BCUT2D eigenvalue weighted by molar-refractivity contribution is 6.19. The quantitative estimate of drug-likeness (QED) is 0.259. The van der Waals surface area contributed by atoms with Crippen LogP contribution in [0.3, 0.4) is 0 Å². The zero-order valence-electron chi connectivity index (χ0n) is 15.6. The molecule has 0 saturated heterocycles. The molecule has 0 bridgehead atoms. The fourth-order valence-corrected chi connectivity index (χ4v) is 3.14. The molecule has 2 N–H and O–H groups in total. The van der Waals surface area contributed by atoms with Crippen LogP contribution in [0.2, 0.25) is 0 Å². The van der Waals surface area contributed by atoms with Crippen LogP contribution in [-0.4, -0.2) is 34.7 Å². The molecule has 0 aliphatic carbocycles. The Morgan fingerprint density at radius 1 is 0.920 bits per heavy atom. The molecule has 0 aromatic carbocycles. The molecule has 0 saturated carbocycles. The fourth-order valence-electron chi connectivity index (χ4n) is 3.14. The first-order chi connectivity index (χ1) is 12.1. The Labute approximate surface area is 151 Å².